The van der Waals surface area contributed by atoms with Crippen LogP contribution in [0.25, 0.3) is 0 Å². The average molecular weight is 333 g/mol. The second-order valence-electron chi connectivity index (χ2n) is 6.21. The third-order valence-electron chi connectivity index (χ3n) is 4.44. The molecule has 2 aromatic heterocycles. The van der Waals surface area contributed by atoms with E-state index in [1.807, 2.05) is 24.6 Å². The Morgan fingerprint density at radius 2 is 2.22 bits per heavy atom. The summed E-state index contributed by atoms with van der Waals surface area (Å²) in [6.45, 7) is 0.619. The highest BCUT2D eigenvalue weighted by Crippen LogP contribution is 2.31. The van der Waals surface area contributed by atoms with Crippen LogP contribution in [0.2, 0.25) is 0 Å². The van der Waals surface area contributed by atoms with Crippen LogP contribution in [0, 0.1) is 0 Å². The lowest BCUT2D eigenvalue weighted by atomic mass is 9.89. The lowest BCUT2D eigenvalue weighted by Crippen LogP contribution is -2.30. The van der Waals surface area contributed by atoms with E-state index >= 15 is 0 Å². The fourth-order valence-corrected chi connectivity index (χ4v) is 3.67. The zero-order chi connectivity index (χ0) is 16.1. The van der Waals surface area contributed by atoms with Gasteiger partial charge in [0.2, 0.25) is 11.8 Å². The van der Waals surface area contributed by atoms with E-state index in [1.54, 1.807) is 16.2 Å². The lowest BCUT2D eigenvalue weighted by molar-refractivity contribution is -0.129. The van der Waals surface area contributed by atoms with Gasteiger partial charge in [-0.25, -0.2) is 0 Å². The van der Waals surface area contributed by atoms with Gasteiger partial charge in [-0.15, -0.1) is 11.3 Å². The lowest BCUT2D eigenvalue weighted by Gasteiger charge is -2.17. The minimum atomic E-state index is 0.128. The van der Waals surface area contributed by atoms with Crippen molar-refractivity contribution in [2.45, 2.75) is 50.9 Å². The first-order chi connectivity index (χ1) is 11.2. The molecule has 1 amide bonds. The van der Waals surface area contributed by atoms with Crippen LogP contribution < -0.4 is 0 Å². The van der Waals surface area contributed by atoms with Crippen molar-refractivity contribution in [1.82, 2.24) is 15.0 Å². The normalized spacial score (nSPS) is 15.7. The van der Waals surface area contributed by atoms with Crippen LogP contribution >= 0.6 is 11.3 Å². The van der Waals surface area contributed by atoms with E-state index in [-0.39, 0.29) is 5.91 Å². The third kappa shape index (κ3) is 4.41. The molecule has 0 saturated heterocycles. The standard InChI is InChI=1S/C17H23N3O2S/c1-20(16(21)12-14-8-5-11-23-14)10-9-15-18-17(22-19-15)13-6-3-2-4-7-13/h5,8,11,13H,2-4,6-7,9-10,12H2,1H3. The smallest absolute Gasteiger partial charge is 0.229 e. The van der Waals surface area contributed by atoms with Crippen molar-refractivity contribution in [2.24, 2.45) is 0 Å². The van der Waals surface area contributed by atoms with Crippen LogP contribution in [0.5, 0.6) is 0 Å². The Morgan fingerprint density at radius 3 is 2.96 bits per heavy atom. The zero-order valence-electron chi connectivity index (χ0n) is 13.5. The van der Waals surface area contributed by atoms with Crippen LogP contribution in [0.1, 0.15) is 54.6 Å². The predicted molar refractivity (Wildman–Crippen MR) is 89.5 cm³/mol. The van der Waals surface area contributed by atoms with E-state index in [0.717, 1.165) is 23.6 Å². The van der Waals surface area contributed by atoms with Crippen molar-refractivity contribution >= 4 is 17.2 Å². The highest BCUT2D eigenvalue weighted by atomic mass is 32.1. The fraction of sp³-hybridized carbons (Fsp3) is 0.588. The molecule has 0 aromatic carbocycles. The van der Waals surface area contributed by atoms with Gasteiger partial charge in [0.1, 0.15) is 0 Å². The van der Waals surface area contributed by atoms with Crippen molar-refractivity contribution in [3.8, 4) is 0 Å². The molecule has 2 aromatic rings. The number of hydrogen-bond donors (Lipinski definition) is 0. The summed E-state index contributed by atoms with van der Waals surface area (Å²) in [4.78, 5) is 19.5. The first-order valence-corrected chi connectivity index (χ1v) is 9.19. The first kappa shape index (κ1) is 16.2. The number of carbonyl (C=O) groups is 1. The van der Waals surface area contributed by atoms with Crippen LogP contribution in [0.3, 0.4) is 0 Å². The quantitative estimate of drug-likeness (QED) is 0.813. The molecule has 1 fully saturated rings. The average Bonchev–Trinajstić information content (AvgIpc) is 3.25. The van der Waals surface area contributed by atoms with Crippen molar-refractivity contribution in [3.63, 3.8) is 0 Å². The summed E-state index contributed by atoms with van der Waals surface area (Å²) in [5.41, 5.74) is 0. The van der Waals surface area contributed by atoms with Gasteiger partial charge < -0.3 is 9.42 Å². The van der Waals surface area contributed by atoms with E-state index in [2.05, 4.69) is 10.1 Å². The van der Waals surface area contributed by atoms with Gasteiger partial charge in [0.05, 0.1) is 6.42 Å². The number of nitrogens with zero attached hydrogens (tertiary/aromatic N) is 3. The maximum absolute atomic E-state index is 12.2. The number of aromatic nitrogens is 2. The molecule has 0 atom stereocenters. The minimum absolute atomic E-state index is 0.128. The largest absolute Gasteiger partial charge is 0.345 e. The summed E-state index contributed by atoms with van der Waals surface area (Å²) < 4.78 is 5.42. The first-order valence-electron chi connectivity index (χ1n) is 8.31. The van der Waals surface area contributed by atoms with Gasteiger partial charge >= 0.3 is 0 Å². The molecule has 0 radical (unpaired) electrons. The number of likely N-dealkylation sites (N-methyl/N-ethyl adjacent to an activating group) is 1. The van der Waals surface area contributed by atoms with E-state index in [0.29, 0.717) is 31.1 Å². The van der Waals surface area contributed by atoms with Gasteiger partial charge in [0.15, 0.2) is 5.82 Å². The highest BCUT2D eigenvalue weighted by Gasteiger charge is 2.21. The molecule has 124 valence electrons. The Morgan fingerprint density at radius 1 is 1.39 bits per heavy atom. The maximum Gasteiger partial charge on any atom is 0.229 e. The number of carbonyl (C=O) groups excluding carboxylic acids is 1. The Kier molecular flexibility index (Phi) is 5.43. The summed E-state index contributed by atoms with van der Waals surface area (Å²) in [6.07, 6.45) is 7.23. The van der Waals surface area contributed by atoms with Crippen molar-refractivity contribution in [2.75, 3.05) is 13.6 Å². The predicted octanol–water partition coefficient (Wildman–Crippen LogP) is 3.42. The molecule has 0 bridgehead atoms. The summed E-state index contributed by atoms with van der Waals surface area (Å²) >= 11 is 1.62. The summed E-state index contributed by atoms with van der Waals surface area (Å²) in [5.74, 6) is 2.06. The molecule has 0 unspecified atom stereocenters. The van der Waals surface area contributed by atoms with E-state index < -0.39 is 0 Å². The SMILES string of the molecule is CN(CCc1noc(C2CCCCC2)n1)C(=O)Cc1cccs1. The Balaban J connectivity index is 1.47. The molecule has 0 N–H and O–H groups in total. The molecular formula is C17H23N3O2S. The zero-order valence-corrected chi connectivity index (χ0v) is 14.3. The second-order valence-corrected chi connectivity index (χ2v) is 7.24. The number of rotatable bonds is 6. The van der Waals surface area contributed by atoms with Crippen molar-refractivity contribution in [3.05, 3.63) is 34.1 Å². The number of amides is 1. The third-order valence-corrected chi connectivity index (χ3v) is 5.32. The van der Waals surface area contributed by atoms with Crippen LogP contribution in [-0.4, -0.2) is 34.5 Å². The molecule has 1 aliphatic carbocycles. The molecule has 1 saturated carbocycles. The van der Waals surface area contributed by atoms with Crippen molar-refractivity contribution < 1.29 is 9.32 Å². The van der Waals surface area contributed by atoms with Crippen LogP contribution in [0.4, 0.5) is 0 Å². The highest BCUT2D eigenvalue weighted by molar-refractivity contribution is 7.10. The monoisotopic (exact) mass is 333 g/mol. The minimum Gasteiger partial charge on any atom is -0.345 e. The van der Waals surface area contributed by atoms with Crippen LogP contribution in [-0.2, 0) is 17.6 Å². The fourth-order valence-electron chi connectivity index (χ4n) is 2.97. The molecule has 2 heterocycles. The Bertz CT molecular complexity index is 618. The topological polar surface area (TPSA) is 59.2 Å². The van der Waals surface area contributed by atoms with E-state index in [4.69, 9.17) is 4.52 Å². The van der Waals surface area contributed by atoms with Gasteiger partial charge in [-0.05, 0) is 24.3 Å². The number of hydrogen-bond acceptors (Lipinski definition) is 5. The van der Waals surface area contributed by atoms with Crippen LogP contribution in [0.15, 0.2) is 22.0 Å². The molecule has 3 rings (SSSR count). The van der Waals surface area contributed by atoms with E-state index in [1.165, 1.54) is 19.3 Å². The van der Waals surface area contributed by atoms with Gasteiger partial charge in [-0.2, -0.15) is 4.98 Å². The molecular weight excluding hydrogens is 310 g/mol. The molecule has 5 nitrogen and oxygen atoms in total. The Hall–Kier alpha value is -1.69. The summed E-state index contributed by atoms with van der Waals surface area (Å²) in [7, 11) is 1.83. The van der Waals surface area contributed by atoms with Gasteiger partial charge in [-0.1, -0.05) is 30.5 Å². The summed E-state index contributed by atoms with van der Waals surface area (Å²) in [6, 6.07) is 3.96. The van der Waals surface area contributed by atoms with Gasteiger partial charge in [0, 0.05) is 30.8 Å². The Labute approximate surface area is 140 Å². The molecule has 0 aliphatic heterocycles. The van der Waals surface area contributed by atoms with Gasteiger partial charge in [-0.3, -0.25) is 4.79 Å². The second kappa shape index (κ2) is 7.73. The van der Waals surface area contributed by atoms with Crippen molar-refractivity contribution in [1.29, 1.82) is 0 Å². The molecule has 23 heavy (non-hydrogen) atoms. The molecule has 1 aliphatic rings. The maximum atomic E-state index is 12.2. The summed E-state index contributed by atoms with van der Waals surface area (Å²) in [5, 5.41) is 6.07. The molecule has 6 heteroatoms. The number of thiophene rings is 1. The molecule has 0 spiro atoms. The van der Waals surface area contributed by atoms with E-state index in [9.17, 15) is 4.79 Å². The van der Waals surface area contributed by atoms with Gasteiger partial charge in [0.25, 0.3) is 0 Å².